The van der Waals surface area contributed by atoms with Gasteiger partial charge < -0.3 is 25.1 Å². The van der Waals surface area contributed by atoms with Gasteiger partial charge in [0.05, 0.1) is 6.61 Å². The maximum Gasteiger partial charge on any atom is 0.404 e. The third-order valence-corrected chi connectivity index (χ3v) is 2.74. The molecule has 0 aliphatic rings. The monoisotopic (exact) mass is 429 g/mol. The van der Waals surface area contributed by atoms with Crippen LogP contribution in [0.3, 0.4) is 0 Å². The molecule has 0 atom stereocenters. The van der Waals surface area contributed by atoms with Crippen molar-refractivity contribution in [2.24, 2.45) is 5.73 Å². The molecule has 0 spiro atoms. The summed E-state index contributed by atoms with van der Waals surface area (Å²) in [6, 6.07) is 17.2. The number of carbonyl (C=O) groups is 4. The molecule has 2 aromatic rings. The van der Waals surface area contributed by atoms with Crippen LogP contribution in [0.4, 0.5) is 4.79 Å². The molecule has 0 aromatic heterocycles. The zero-order valence-electron chi connectivity index (χ0n) is 16.8. The fourth-order valence-corrected chi connectivity index (χ4v) is 1.56. The van der Waals surface area contributed by atoms with Gasteiger partial charge >= 0.3 is 24.0 Å². The smallest absolute Gasteiger partial charge is 0.404 e. The van der Waals surface area contributed by atoms with Gasteiger partial charge in [-0.05, 0) is 31.2 Å². The van der Waals surface area contributed by atoms with E-state index in [0.717, 1.165) is 18.2 Å². The fourth-order valence-electron chi connectivity index (χ4n) is 1.56. The van der Waals surface area contributed by atoms with Crippen molar-refractivity contribution in [3.8, 4) is 11.5 Å². The molecule has 0 aliphatic carbocycles. The van der Waals surface area contributed by atoms with Gasteiger partial charge in [-0.3, -0.25) is 0 Å². The van der Waals surface area contributed by atoms with Crippen LogP contribution in [-0.2, 0) is 19.1 Å². The van der Waals surface area contributed by atoms with Gasteiger partial charge in [-0.15, -0.1) is 0 Å². The normalized spacial score (nSPS) is 9.06. The van der Waals surface area contributed by atoms with Gasteiger partial charge in [0.2, 0.25) is 0 Å². The molecule has 164 valence electrons. The van der Waals surface area contributed by atoms with Crippen molar-refractivity contribution in [1.29, 1.82) is 0 Å². The number of esters is 2. The Morgan fingerprint density at radius 1 is 0.871 bits per heavy atom. The largest absolute Gasteiger partial charge is 0.478 e. The number of carbonyl (C=O) groups excluding carboxylic acids is 3. The lowest BCUT2D eigenvalue weighted by Gasteiger charge is -2.01. The third-order valence-electron chi connectivity index (χ3n) is 2.74. The maximum absolute atomic E-state index is 11.5. The van der Waals surface area contributed by atoms with Gasteiger partial charge in [0.15, 0.2) is 0 Å². The topological polar surface area (TPSA) is 142 Å². The first-order chi connectivity index (χ1) is 14.8. The first kappa shape index (κ1) is 26.6. The van der Waals surface area contributed by atoms with E-state index in [1.165, 1.54) is 0 Å². The van der Waals surface area contributed by atoms with Crippen molar-refractivity contribution < 1.29 is 38.5 Å². The molecule has 2 rings (SSSR count). The van der Waals surface area contributed by atoms with Crippen LogP contribution < -0.4 is 15.2 Å². The van der Waals surface area contributed by atoms with Crippen LogP contribution >= 0.6 is 0 Å². The van der Waals surface area contributed by atoms with Crippen LogP contribution in [0.5, 0.6) is 11.5 Å². The van der Waals surface area contributed by atoms with Crippen LogP contribution in [0.2, 0.25) is 0 Å². The van der Waals surface area contributed by atoms with Crippen LogP contribution in [0, 0.1) is 0 Å². The lowest BCUT2D eigenvalue weighted by Crippen LogP contribution is -2.11. The summed E-state index contributed by atoms with van der Waals surface area (Å²) in [5.74, 6) is -1.43. The van der Waals surface area contributed by atoms with Crippen LogP contribution in [-0.4, -0.2) is 35.7 Å². The number of benzene rings is 2. The van der Waals surface area contributed by atoms with E-state index in [2.05, 4.69) is 17.0 Å². The molecule has 1 amide bonds. The molecule has 0 saturated carbocycles. The van der Waals surface area contributed by atoms with Crippen LogP contribution in [0.25, 0.3) is 0 Å². The van der Waals surface area contributed by atoms with Crippen molar-refractivity contribution in [3.05, 3.63) is 85.5 Å². The van der Waals surface area contributed by atoms with E-state index in [4.69, 9.17) is 14.6 Å². The lowest BCUT2D eigenvalue weighted by atomic mass is 10.3. The molecule has 0 heterocycles. The number of aliphatic carboxylic acids is 1. The van der Waals surface area contributed by atoms with E-state index >= 15 is 0 Å². The number of rotatable bonds is 6. The maximum atomic E-state index is 11.5. The van der Waals surface area contributed by atoms with Crippen molar-refractivity contribution in [2.45, 2.75) is 6.92 Å². The van der Waals surface area contributed by atoms with Crippen molar-refractivity contribution in [2.75, 3.05) is 6.61 Å². The molecule has 0 unspecified atom stereocenters. The van der Waals surface area contributed by atoms with Crippen molar-refractivity contribution in [1.82, 2.24) is 0 Å². The highest BCUT2D eigenvalue weighted by Gasteiger charge is 2.03. The van der Waals surface area contributed by atoms with Gasteiger partial charge in [0.25, 0.3) is 0 Å². The SMILES string of the molecule is C=CC(=O)O.CCOC(N)=O.O=C(/C=C\C(=O)Oc1ccccc1)Oc1ccccc1. The number of primary amides is 1. The Balaban J connectivity index is 0.000000679. The number of amides is 1. The van der Waals surface area contributed by atoms with Gasteiger partial charge in [-0.1, -0.05) is 43.0 Å². The fraction of sp³-hybridized carbons (Fsp3) is 0.0909. The van der Waals surface area contributed by atoms with E-state index in [1.807, 2.05) is 12.1 Å². The average molecular weight is 429 g/mol. The minimum atomic E-state index is -0.981. The van der Waals surface area contributed by atoms with E-state index in [9.17, 15) is 19.2 Å². The number of nitrogens with two attached hydrogens (primary N) is 1. The number of ether oxygens (including phenoxy) is 3. The van der Waals surface area contributed by atoms with Gasteiger partial charge in [-0.25, -0.2) is 19.2 Å². The zero-order chi connectivity index (χ0) is 23.5. The summed E-state index contributed by atoms with van der Waals surface area (Å²) in [6.07, 6.45) is 2.17. The third kappa shape index (κ3) is 16.3. The molecule has 0 fully saturated rings. The molecule has 3 N–H and O–H groups in total. The van der Waals surface area contributed by atoms with Crippen LogP contribution in [0.1, 0.15) is 6.92 Å². The van der Waals surface area contributed by atoms with Gasteiger partial charge in [0.1, 0.15) is 11.5 Å². The second kappa shape index (κ2) is 16.5. The summed E-state index contributed by atoms with van der Waals surface area (Å²) in [7, 11) is 0. The Kier molecular flexibility index (Phi) is 14.2. The van der Waals surface area contributed by atoms with Crippen molar-refractivity contribution >= 4 is 24.0 Å². The minimum absolute atomic E-state index is 0.356. The summed E-state index contributed by atoms with van der Waals surface area (Å²) >= 11 is 0. The molecule has 0 saturated heterocycles. The molecule has 0 radical (unpaired) electrons. The Labute approximate surface area is 179 Å². The Morgan fingerprint density at radius 2 is 1.23 bits per heavy atom. The summed E-state index contributed by atoms with van der Waals surface area (Å²) in [5.41, 5.74) is 4.54. The number of carboxylic acids is 1. The van der Waals surface area contributed by atoms with E-state index in [1.54, 1.807) is 55.5 Å². The first-order valence-corrected chi connectivity index (χ1v) is 8.77. The average Bonchev–Trinajstić information content (AvgIpc) is 2.74. The molecule has 9 heteroatoms. The number of hydrogen-bond acceptors (Lipinski definition) is 7. The highest BCUT2D eigenvalue weighted by Crippen LogP contribution is 2.10. The van der Waals surface area contributed by atoms with Gasteiger partial charge in [0, 0.05) is 18.2 Å². The molecular weight excluding hydrogens is 406 g/mol. The quantitative estimate of drug-likeness (QED) is 0.405. The Bertz CT molecular complexity index is 808. The standard InChI is InChI=1S/C16H12O4.C3H7NO2.C3H4O2/c17-15(19-13-7-3-1-4-8-13)11-12-16(18)20-14-9-5-2-6-10-14;1-2-6-3(4)5;1-2-3(4)5/h1-12H;2H2,1H3,(H2,4,5);2H,1H2,(H,4,5)/b12-11-;;. The highest BCUT2D eigenvalue weighted by molar-refractivity contribution is 5.93. The second-order valence-electron chi connectivity index (χ2n) is 5.10. The van der Waals surface area contributed by atoms with Crippen LogP contribution in [0.15, 0.2) is 85.5 Å². The number of hydrogen-bond donors (Lipinski definition) is 2. The van der Waals surface area contributed by atoms with E-state index in [-0.39, 0.29) is 0 Å². The molecular formula is C22H23NO8. The summed E-state index contributed by atoms with van der Waals surface area (Å²) < 4.78 is 14.1. The number of para-hydroxylation sites is 2. The Morgan fingerprint density at radius 3 is 1.45 bits per heavy atom. The highest BCUT2D eigenvalue weighted by atomic mass is 16.5. The Hall–Kier alpha value is -4.40. The molecule has 0 aliphatic heterocycles. The van der Waals surface area contributed by atoms with Gasteiger partial charge in [-0.2, -0.15) is 0 Å². The predicted molar refractivity (Wildman–Crippen MR) is 112 cm³/mol. The summed E-state index contributed by atoms with van der Waals surface area (Å²) in [4.78, 5) is 41.8. The first-order valence-electron chi connectivity index (χ1n) is 8.77. The summed E-state index contributed by atoms with van der Waals surface area (Å²) in [6.45, 7) is 5.02. The minimum Gasteiger partial charge on any atom is -0.478 e. The summed E-state index contributed by atoms with van der Waals surface area (Å²) in [5, 5.41) is 7.60. The zero-order valence-corrected chi connectivity index (χ0v) is 16.8. The van der Waals surface area contributed by atoms with E-state index in [0.29, 0.717) is 18.1 Å². The predicted octanol–water partition coefficient (Wildman–Crippen LogP) is 3.11. The van der Waals surface area contributed by atoms with Crippen molar-refractivity contribution in [3.63, 3.8) is 0 Å². The molecule has 2 aromatic carbocycles. The molecule has 0 bridgehead atoms. The molecule has 9 nitrogen and oxygen atoms in total. The lowest BCUT2D eigenvalue weighted by molar-refractivity contribution is -0.131. The number of carboxylic acid groups (broad SMARTS) is 1. The van der Waals surface area contributed by atoms with E-state index < -0.39 is 24.0 Å². The molecule has 31 heavy (non-hydrogen) atoms. The second-order valence-corrected chi connectivity index (χ2v) is 5.10.